The molecular weight excluding hydrogens is 338 g/mol. The fourth-order valence-electron chi connectivity index (χ4n) is 2.05. The molecule has 0 fully saturated rings. The molecule has 0 aliphatic rings. The van der Waals surface area contributed by atoms with Crippen LogP contribution in [0.1, 0.15) is 18.4 Å². The Bertz CT molecular complexity index is 1100. The minimum atomic E-state index is -0.608. The highest BCUT2D eigenvalue weighted by Gasteiger charge is 2.14. The number of amides is 1. The normalized spacial score (nSPS) is 11.0. The summed E-state index contributed by atoms with van der Waals surface area (Å²) in [5.74, 6) is 2.41. The third-order valence-electron chi connectivity index (χ3n) is 3.18. The number of rotatable bonds is 4. The molecule has 7 nitrogen and oxygen atoms in total. The van der Waals surface area contributed by atoms with E-state index < -0.39 is 5.91 Å². The quantitative estimate of drug-likeness (QED) is 0.722. The smallest absolute Gasteiger partial charge is 0.277 e. The van der Waals surface area contributed by atoms with Gasteiger partial charge in [-0.3, -0.25) is 14.2 Å². The number of thiazole rings is 1. The molecule has 1 amide bonds. The van der Waals surface area contributed by atoms with Crippen LogP contribution in [0.2, 0.25) is 0 Å². The molecule has 2 N–H and O–H groups in total. The predicted octanol–water partition coefficient (Wildman–Crippen LogP) is -0.522. The third kappa shape index (κ3) is 3.96. The average Bonchev–Trinajstić information content (AvgIpc) is 3.15. The van der Waals surface area contributed by atoms with Crippen LogP contribution in [0, 0.1) is 30.6 Å². The number of carbonyl (C=O) groups is 1. The van der Waals surface area contributed by atoms with E-state index in [1.54, 1.807) is 19.2 Å². The van der Waals surface area contributed by atoms with Gasteiger partial charge < -0.3 is 10.3 Å². The van der Waals surface area contributed by atoms with E-state index in [9.17, 15) is 14.9 Å². The van der Waals surface area contributed by atoms with Crippen LogP contribution in [-0.2, 0) is 11.3 Å². The molecule has 0 aliphatic heterocycles. The number of carbonyl (C=O) groups excluding carboxylic acids is 1. The zero-order valence-electron chi connectivity index (χ0n) is 13.7. The molecule has 0 saturated heterocycles. The van der Waals surface area contributed by atoms with Gasteiger partial charge in [0.1, 0.15) is 21.1 Å². The van der Waals surface area contributed by atoms with E-state index in [1.165, 1.54) is 4.57 Å². The molecule has 0 aliphatic carbocycles. The highest BCUT2D eigenvalue weighted by molar-refractivity contribution is 7.07. The second kappa shape index (κ2) is 7.98. The molecule has 126 valence electrons. The number of aromatic amines is 1. The number of imidazole rings is 1. The van der Waals surface area contributed by atoms with Crippen molar-refractivity contribution >= 4 is 34.6 Å². The molecule has 0 saturated carbocycles. The minimum Gasteiger partial charge on any atom is -0.342 e. The van der Waals surface area contributed by atoms with Crippen LogP contribution in [-0.4, -0.2) is 27.0 Å². The Hall–Kier alpha value is -3.32. The molecule has 8 heteroatoms. The van der Waals surface area contributed by atoms with E-state index in [4.69, 9.17) is 6.42 Å². The van der Waals surface area contributed by atoms with Gasteiger partial charge in [0.15, 0.2) is 5.57 Å². The first-order valence-electron chi connectivity index (χ1n) is 7.35. The largest absolute Gasteiger partial charge is 0.342 e. The SMILES string of the molecule is C#CCNC(=O)/C(C#N)=c1\sc(=C=Cc2cnc(C)[nH]2)c(=O)n1CC. The first-order valence-corrected chi connectivity index (χ1v) is 8.17. The number of nitrogens with zero attached hydrogens (tertiary/aromatic N) is 3. The predicted molar refractivity (Wildman–Crippen MR) is 95.6 cm³/mol. The molecule has 0 atom stereocenters. The summed E-state index contributed by atoms with van der Waals surface area (Å²) in [5, 5.41) is 11.8. The highest BCUT2D eigenvalue weighted by atomic mass is 32.1. The molecule has 0 spiro atoms. The molecule has 2 aromatic heterocycles. The van der Waals surface area contributed by atoms with Gasteiger partial charge >= 0.3 is 0 Å². The first kappa shape index (κ1) is 18.0. The second-order valence-electron chi connectivity index (χ2n) is 4.87. The summed E-state index contributed by atoms with van der Waals surface area (Å²) in [6, 6.07) is 1.85. The Morgan fingerprint density at radius 2 is 2.36 bits per heavy atom. The topological polar surface area (TPSA) is 104 Å². The van der Waals surface area contributed by atoms with Crippen molar-refractivity contribution in [3.63, 3.8) is 0 Å². The molecule has 2 aromatic rings. The van der Waals surface area contributed by atoms with Gasteiger partial charge in [-0.25, -0.2) is 4.98 Å². The van der Waals surface area contributed by atoms with Gasteiger partial charge in [-0.1, -0.05) is 11.7 Å². The highest BCUT2D eigenvalue weighted by Crippen LogP contribution is 1.97. The van der Waals surface area contributed by atoms with E-state index >= 15 is 0 Å². The van der Waals surface area contributed by atoms with Crippen molar-refractivity contribution in [3.05, 3.63) is 37.3 Å². The molecule has 2 heterocycles. The summed E-state index contributed by atoms with van der Waals surface area (Å²) in [6.07, 6.45) is 8.33. The van der Waals surface area contributed by atoms with Crippen molar-refractivity contribution in [3.8, 4) is 18.4 Å². The zero-order chi connectivity index (χ0) is 18.4. The van der Waals surface area contributed by atoms with Crippen LogP contribution in [0.15, 0.2) is 11.0 Å². The van der Waals surface area contributed by atoms with Crippen molar-refractivity contribution < 1.29 is 4.79 Å². The maximum atomic E-state index is 12.5. The zero-order valence-corrected chi connectivity index (χ0v) is 14.5. The molecular formula is C17H15N5O2S. The number of terminal acetylenes is 1. The van der Waals surface area contributed by atoms with Gasteiger partial charge in [0.2, 0.25) is 0 Å². The molecule has 2 rings (SSSR count). The van der Waals surface area contributed by atoms with Crippen molar-refractivity contribution in [1.82, 2.24) is 19.9 Å². The van der Waals surface area contributed by atoms with Gasteiger partial charge in [0.05, 0.1) is 18.4 Å². The van der Waals surface area contributed by atoms with Crippen LogP contribution in [0.3, 0.4) is 0 Å². The van der Waals surface area contributed by atoms with Crippen molar-refractivity contribution in [2.75, 3.05) is 6.54 Å². The average molecular weight is 353 g/mol. The molecule has 0 bridgehead atoms. The molecule has 0 unspecified atom stereocenters. The lowest BCUT2D eigenvalue weighted by molar-refractivity contribution is -0.115. The maximum Gasteiger partial charge on any atom is 0.277 e. The van der Waals surface area contributed by atoms with E-state index in [0.717, 1.165) is 17.2 Å². The van der Waals surface area contributed by atoms with Gasteiger partial charge in [0, 0.05) is 12.6 Å². The number of aryl methyl sites for hydroxylation is 1. The first-order chi connectivity index (χ1) is 12.0. The number of H-pyrrole nitrogens is 1. The summed E-state index contributed by atoms with van der Waals surface area (Å²) in [5.41, 5.74) is 3.14. The molecule has 25 heavy (non-hydrogen) atoms. The summed E-state index contributed by atoms with van der Waals surface area (Å²) in [4.78, 5) is 31.6. The molecule has 0 radical (unpaired) electrons. The monoisotopic (exact) mass is 353 g/mol. The van der Waals surface area contributed by atoms with Gasteiger partial charge in [0.25, 0.3) is 11.5 Å². The van der Waals surface area contributed by atoms with Crippen molar-refractivity contribution in [2.45, 2.75) is 20.4 Å². The van der Waals surface area contributed by atoms with E-state index in [0.29, 0.717) is 16.8 Å². The summed E-state index contributed by atoms with van der Waals surface area (Å²) < 4.78 is 1.94. The fourth-order valence-corrected chi connectivity index (χ4v) is 3.12. The Morgan fingerprint density at radius 3 is 2.92 bits per heavy atom. The maximum absolute atomic E-state index is 12.5. The van der Waals surface area contributed by atoms with Crippen LogP contribution in [0.25, 0.3) is 17.4 Å². The number of aromatic nitrogens is 3. The lowest BCUT2D eigenvalue weighted by Crippen LogP contribution is -2.34. The summed E-state index contributed by atoms with van der Waals surface area (Å²) >= 11 is 1.03. The Balaban J connectivity index is 2.69. The molecule has 0 aromatic carbocycles. The van der Waals surface area contributed by atoms with Crippen LogP contribution in [0.5, 0.6) is 0 Å². The second-order valence-corrected chi connectivity index (χ2v) is 5.87. The fraction of sp³-hybridized carbons (Fsp3) is 0.235. The van der Waals surface area contributed by atoms with Gasteiger partial charge in [-0.05, 0) is 13.8 Å². The summed E-state index contributed by atoms with van der Waals surface area (Å²) in [6.45, 7) is 3.90. The van der Waals surface area contributed by atoms with E-state index in [1.807, 2.05) is 13.0 Å². The van der Waals surface area contributed by atoms with E-state index in [2.05, 4.69) is 26.9 Å². The van der Waals surface area contributed by atoms with Crippen molar-refractivity contribution in [1.29, 1.82) is 5.26 Å². The van der Waals surface area contributed by atoms with Crippen molar-refractivity contribution in [2.24, 2.45) is 0 Å². The summed E-state index contributed by atoms with van der Waals surface area (Å²) in [7, 11) is 0. The number of nitriles is 1. The van der Waals surface area contributed by atoms with E-state index in [-0.39, 0.29) is 22.3 Å². The minimum absolute atomic E-state index is 0.00378. The number of hydrogen-bond acceptors (Lipinski definition) is 5. The number of nitrogens with one attached hydrogen (secondary N) is 2. The van der Waals surface area contributed by atoms with Crippen LogP contribution < -0.4 is 20.1 Å². The Labute approximate surface area is 147 Å². The van der Waals surface area contributed by atoms with Crippen LogP contribution >= 0.6 is 11.3 Å². The van der Waals surface area contributed by atoms with Gasteiger partial charge in [-0.2, -0.15) is 5.26 Å². The number of hydrogen-bond donors (Lipinski definition) is 2. The Morgan fingerprint density at radius 1 is 1.60 bits per heavy atom. The lowest BCUT2D eigenvalue weighted by atomic mass is 10.3. The van der Waals surface area contributed by atoms with Crippen LogP contribution in [0.4, 0.5) is 0 Å². The van der Waals surface area contributed by atoms with Gasteiger partial charge in [-0.15, -0.1) is 17.8 Å². The third-order valence-corrected chi connectivity index (χ3v) is 4.30. The Kier molecular flexibility index (Phi) is 5.75. The standard InChI is InChI=1S/C17H15N5O2S/c1-4-8-19-15(23)13(9-18)17-22(5-2)16(24)14(25-17)7-6-12-10-20-11(3)21-12/h1,6,10H,5,8H2,2-3H3,(H,19,23)(H,20,21)/b17-13-. The lowest BCUT2D eigenvalue weighted by Gasteiger charge is -2.00.